The summed E-state index contributed by atoms with van der Waals surface area (Å²) in [5, 5.41) is 13.5. The van der Waals surface area contributed by atoms with Gasteiger partial charge in [-0.1, -0.05) is 0 Å². The van der Waals surface area contributed by atoms with Crippen LogP contribution in [0.2, 0.25) is 0 Å². The molecule has 0 bridgehead atoms. The number of anilines is 1. The van der Waals surface area contributed by atoms with Crippen LogP contribution in [0.25, 0.3) is 0 Å². The van der Waals surface area contributed by atoms with Crippen molar-refractivity contribution in [2.75, 3.05) is 19.0 Å². The summed E-state index contributed by atoms with van der Waals surface area (Å²) in [5.41, 5.74) is 1.46. The molecule has 1 aromatic rings. The number of carboxylic acids is 1. The number of hydrogen-bond donors (Lipinski definition) is 3. The first kappa shape index (κ1) is 17.0. The summed E-state index contributed by atoms with van der Waals surface area (Å²) < 4.78 is 5.20. The molecule has 0 saturated carbocycles. The molecular formula is C13H15BrN2O5. The van der Waals surface area contributed by atoms with Crippen LogP contribution in [0.1, 0.15) is 22.3 Å². The van der Waals surface area contributed by atoms with Gasteiger partial charge in [-0.3, -0.25) is 4.79 Å². The Balaban J connectivity index is 2.81. The monoisotopic (exact) mass is 358 g/mol. The van der Waals surface area contributed by atoms with Gasteiger partial charge in [0.15, 0.2) is 0 Å². The molecule has 0 aliphatic rings. The van der Waals surface area contributed by atoms with Crippen LogP contribution >= 0.6 is 15.9 Å². The summed E-state index contributed by atoms with van der Waals surface area (Å²) in [6.07, 6.45) is -0.167. The van der Waals surface area contributed by atoms with Gasteiger partial charge in [0.05, 0.1) is 19.1 Å². The maximum atomic E-state index is 11.6. The SMILES string of the molecule is COC(=O)c1cc(NC(=O)NCCC(=O)O)c(C)cc1Br. The van der Waals surface area contributed by atoms with E-state index in [9.17, 15) is 14.4 Å². The van der Waals surface area contributed by atoms with Crippen LogP contribution in [0, 0.1) is 6.92 Å². The summed E-state index contributed by atoms with van der Waals surface area (Å²) in [7, 11) is 1.26. The second-order valence-corrected chi connectivity index (χ2v) is 5.02. The zero-order chi connectivity index (χ0) is 16.0. The van der Waals surface area contributed by atoms with Crippen molar-refractivity contribution in [2.24, 2.45) is 0 Å². The highest BCUT2D eigenvalue weighted by molar-refractivity contribution is 9.10. The van der Waals surface area contributed by atoms with Crippen LogP contribution in [0.3, 0.4) is 0 Å². The number of methoxy groups -OCH3 is 1. The maximum Gasteiger partial charge on any atom is 0.339 e. The number of aryl methyl sites for hydroxylation is 1. The number of aliphatic carboxylic acids is 1. The average Bonchev–Trinajstić information content (AvgIpc) is 2.40. The quantitative estimate of drug-likeness (QED) is 0.699. The zero-order valence-electron chi connectivity index (χ0n) is 11.5. The van der Waals surface area contributed by atoms with E-state index >= 15 is 0 Å². The van der Waals surface area contributed by atoms with E-state index in [1.165, 1.54) is 13.2 Å². The molecule has 8 heteroatoms. The second-order valence-electron chi connectivity index (χ2n) is 4.16. The van der Waals surface area contributed by atoms with Crippen LogP contribution < -0.4 is 10.6 Å². The summed E-state index contributed by atoms with van der Waals surface area (Å²) in [6.45, 7) is 1.78. The molecule has 0 aliphatic heterocycles. The molecule has 2 amide bonds. The fraction of sp³-hybridized carbons (Fsp3) is 0.308. The van der Waals surface area contributed by atoms with Crippen molar-refractivity contribution >= 4 is 39.6 Å². The van der Waals surface area contributed by atoms with Crippen molar-refractivity contribution in [3.05, 3.63) is 27.7 Å². The van der Waals surface area contributed by atoms with Crippen LogP contribution in [0.4, 0.5) is 10.5 Å². The number of carbonyl (C=O) groups is 3. The van der Waals surface area contributed by atoms with Gasteiger partial charge in [-0.05, 0) is 40.5 Å². The topological polar surface area (TPSA) is 105 Å². The third kappa shape index (κ3) is 5.07. The first-order valence-corrected chi connectivity index (χ1v) is 6.79. The number of esters is 1. The van der Waals surface area contributed by atoms with Gasteiger partial charge in [0.25, 0.3) is 0 Å². The number of carboxylic acid groups (broad SMARTS) is 1. The zero-order valence-corrected chi connectivity index (χ0v) is 13.1. The van der Waals surface area contributed by atoms with Crippen molar-refractivity contribution in [3.63, 3.8) is 0 Å². The Kier molecular flexibility index (Phi) is 6.16. The molecule has 0 atom stereocenters. The van der Waals surface area contributed by atoms with Crippen molar-refractivity contribution in [3.8, 4) is 0 Å². The van der Waals surface area contributed by atoms with Crippen molar-refractivity contribution in [1.82, 2.24) is 5.32 Å². The molecule has 21 heavy (non-hydrogen) atoms. The molecule has 114 valence electrons. The first-order valence-electron chi connectivity index (χ1n) is 6.00. The third-order valence-corrected chi connectivity index (χ3v) is 3.25. The van der Waals surface area contributed by atoms with E-state index in [1.54, 1.807) is 13.0 Å². The highest BCUT2D eigenvalue weighted by Gasteiger charge is 2.14. The number of amides is 2. The number of nitrogens with one attached hydrogen (secondary N) is 2. The van der Waals surface area contributed by atoms with Gasteiger partial charge >= 0.3 is 18.0 Å². The number of hydrogen-bond acceptors (Lipinski definition) is 4. The molecule has 0 aliphatic carbocycles. The smallest absolute Gasteiger partial charge is 0.339 e. The molecule has 0 spiro atoms. The van der Waals surface area contributed by atoms with Gasteiger partial charge in [-0.2, -0.15) is 0 Å². The fourth-order valence-electron chi connectivity index (χ4n) is 1.52. The van der Waals surface area contributed by atoms with Gasteiger partial charge in [-0.15, -0.1) is 0 Å². The van der Waals surface area contributed by atoms with Gasteiger partial charge in [0, 0.05) is 16.7 Å². The van der Waals surface area contributed by atoms with Crippen molar-refractivity contribution < 1.29 is 24.2 Å². The van der Waals surface area contributed by atoms with Gasteiger partial charge in [-0.25, -0.2) is 9.59 Å². The lowest BCUT2D eigenvalue weighted by Gasteiger charge is -2.12. The van der Waals surface area contributed by atoms with Crippen LogP contribution in [0.15, 0.2) is 16.6 Å². The molecule has 0 unspecified atom stereocenters. The summed E-state index contributed by atoms with van der Waals surface area (Å²) in [4.78, 5) is 33.6. The molecule has 0 radical (unpaired) electrons. The standard InChI is InChI=1S/C13H15BrN2O5/c1-7-5-9(14)8(12(19)21-2)6-10(7)16-13(20)15-4-3-11(17)18/h5-6H,3-4H2,1-2H3,(H,17,18)(H2,15,16,20). The van der Waals surface area contributed by atoms with E-state index in [-0.39, 0.29) is 18.5 Å². The van der Waals surface area contributed by atoms with E-state index in [1.807, 2.05) is 0 Å². The van der Waals surface area contributed by atoms with E-state index in [4.69, 9.17) is 5.11 Å². The van der Waals surface area contributed by atoms with E-state index in [0.717, 1.165) is 5.56 Å². The van der Waals surface area contributed by atoms with Gasteiger partial charge in [0.2, 0.25) is 0 Å². The highest BCUT2D eigenvalue weighted by atomic mass is 79.9. The molecule has 0 fully saturated rings. The largest absolute Gasteiger partial charge is 0.481 e. The number of benzene rings is 1. The number of halogens is 1. The third-order valence-electron chi connectivity index (χ3n) is 2.59. The minimum atomic E-state index is -0.997. The van der Waals surface area contributed by atoms with Crippen LogP contribution in [-0.4, -0.2) is 36.7 Å². The Morgan fingerprint density at radius 2 is 2.00 bits per heavy atom. The first-order chi connectivity index (χ1) is 9.85. The number of urea groups is 1. The Bertz CT molecular complexity index is 574. The average molecular weight is 359 g/mol. The van der Waals surface area contributed by atoms with Crippen molar-refractivity contribution in [2.45, 2.75) is 13.3 Å². The summed E-state index contributed by atoms with van der Waals surface area (Å²) in [5.74, 6) is -1.53. The van der Waals surface area contributed by atoms with Crippen LogP contribution in [-0.2, 0) is 9.53 Å². The number of rotatable bonds is 5. The summed E-state index contributed by atoms with van der Waals surface area (Å²) in [6, 6.07) is 2.62. The second kappa shape index (κ2) is 7.63. The van der Waals surface area contributed by atoms with Gasteiger partial charge in [0.1, 0.15) is 0 Å². The number of ether oxygens (including phenoxy) is 1. The van der Waals surface area contributed by atoms with E-state index < -0.39 is 18.0 Å². The summed E-state index contributed by atoms with van der Waals surface area (Å²) >= 11 is 3.25. The van der Waals surface area contributed by atoms with Gasteiger partial charge < -0.3 is 20.5 Å². The lowest BCUT2D eigenvalue weighted by Crippen LogP contribution is -2.30. The Morgan fingerprint density at radius 1 is 1.33 bits per heavy atom. The minimum absolute atomic E-state index is 0.0145. The molecule has 0 aromatic heterocycles. The normalized spacial score (nSPS) is 9.86. The van der Waals surface area contributed by atoms with Crippen molar-refractivity contribution in [1.29, 1.82) is 0 Å². The highest BCUT2D eigenvalue weighted by Crippen LogP contribution is 2.25. The van der Waals surface area contributed by atoms with E-state index in [2.05, 4.69) is 31.3 Å². The lowest BCUT2D eigenvalue weighted by atomic mass is 10.1. The Labute approximate surface area is 129 Å². The maximum absolute atomic E-state index is 11.6. The predicted octanol–water partition coefficient (Wildman–Crippen LogP) is 2.14. The molecule has 1 rings (SSSR count). The van der Waals surface area contributed by atoms with E-state index in [0.29, 0.717) is 10.2 Å². The fourth-order valence-corrected chi connectivity index (χ4v) is 2.14. The molecule has 3 N–H and O–H groups in total. The molecule has 7 nitrogen and oxygen atoms in total. The van der Waals surface area contributed by atoms with Crippen LogP contribution in [0.5, 0.6) is 0 Å². The lowest BCUT2D eigenvalue weighted by molar-refractivity contribution is -0.136. The molecule has 0 heterocycles. The minimum Gasteiger partial charge on any atom is -0.481 e. The number of carbonyl (C=O) groups excluding carboxylic acids is 2. The molecular weight excluding hydrogens is 344 g/mol. The molecule has 1 aromatic carbocycles. The molecule has 0 saturated heterocycles. The Hall–Kier alpha value is -2.09. The Morgan fingerprint density at radius 3 is 2.57 bits per heavy atom. The predicted molar refractivity (Wildman–Crippen MR) is 79.5 cm³/mol.